The van der Waals surface area contributed by atoms with Crippen molar-refractivity contribution in [1.82, 2.24) is 4.57 Å². The highest BCUT2D eigenvalue weighted by molar-refractivity contribution is 5.38. The monoisotopic (exact) mass is 254 g/mol. The molecule has 5 rings (SSSR count). The van der Waals surface area contributed by atoms with Crippen molar-refractivity contribution in [2.45, 2.75) is 52.0 Å². The Labute approximate surface area is 115 Å². The van der Waals surface area contributed by atoms with Crippen molar-refractivity contribution in [3.8, 4) is 6.07 Å². The van der Waals surface area contributed by atoms with Gasteiger partial charge in [0.1, 0.15) is 6.07 Å². The number of nitriles is 1. The van der Waals surface area contributed by atoms with Crippen molar-refractivity contribution in [2.75, 3.05) is 0 Å². The number of aromatic nitrogens is 1. The molecular formula is C17H22N2. The third-order valence-corrected chi connectivity index (χ3v) is 6.08. The van der Waals surface area contributed by atoms with E-state index in [0.29, 0.717) is 6.04 Å². The Morgan fingerprint density at radius 2 is 1.63 bits per heavy atom. The average Bonchev–Trinajstić information content (AvgIpc) is 2.65. The molecule has 4 fully saturated rings. The Hall–Kier alpha value is -1.23. The van der Waals surface area contributed by atoms with E-state index in [9.17, 15) is 5.26 Å². The normalized spacial score (nSPS) is 39.5. The molecule has 4 saturated carbocycles. The lowest BCUT2D eigenvalue weighted by molar-refractivity contribution is -0.0303. The molecule has 19 heavy (non-hydrogen) atoms. The fraction of sp³-hybridized carbons (Fsp3) is 0.706. The molecular weight excluding hydrogens is 232 g/mol. The molecule has 4 bridgehead atoms. The molecule has 0 spiro atoms. The lowest BCUT2D eigenvalue weighted by Crippen LogP contribution is -2.46. The van der Waals surface area contributed by atoms with Crippen molar-refractivity contribution in [2.24, 2.45) is 23.7 Å². The van der Waals surface area contributed by atoms with Gasteiger partial charge in [-0.15, -0.1) is 0 Å². The van der Waals surface area contributed by atoms with Gasteiger partial charge in [-0.1, -0.05) is 0 Å². The van der Waals surface area contributed by atoms with Gasteiger partial charge in [0.15, 0.2) is 0 Å². The Bertz CT molecular complexity index is 533. The van der Waals surface area contributed by atoms with Gasteiger partial charge in [0.25, 0.3) is 0 Å². The fourth-order valence-electron chi connectivity index (χ4n) is 5.67. The van der Waals surface area contributed by atoms with Crippen LogP contribution in [0.2, 0.25) is 0 Å². The second-order valence-electron chi connectivity index (χ2n) is 7.19. The summed E-state index contributed by atoms with van der Waals surface area (Å²) in [5.41, 5.74) is 3.38. The van der Waals surface area contributed by atoms with Crippen molar-refractivity contribution >= 4 is 0 Å². The summed E-state index contributed by atoms with van der Waals surface area (Å²) in [6, 6.07) is 5.13. The van der Waals surface area contributed by atoms with Crippen LogP contribution in [-0.2, 0) is 0 Å². The van der Waals surface area contributed by atoms with E-state index < -0.39 is 0 Å². The molecule has 4 aliphatic rings. The molecule has 0 radical (unpaired) electrons. The van der Waals surface area contributed by atoms with Gasteiger partial charge in [-0.05, 0) is 75.7 Å². The van der Waals surface area contributed by atoms with Crippen LogP contribution in [-0.4, -0.2) is 4.57 Å². The highest BCUT2D eigenvalue weighted by Gasteiger charge is 2.49. The first kappa shape index (κ1) is 11.6. The van der Waals surface area contributed by atoms with Crippen LogP contribution in [0.25, 0.3) is 0 Å². The largest absolute Gasteiger partial charge is 0.344 e. The number of hydrogen-bond donors (Lipinski definition) is 0. The SMILES string of the molecule is Cc1cc(C#N)c(C)n1C1C2CC3CC(C2)CC1C3. The van der Waals surface area contributed by atoms with E-state index in [0.717, 1.165) is 29.2 Å². The molecule has 2 heteroatoms. The first-order valence-electron chi connectivity index (χ1n) is 7.76. The molecule has 0 aliphatic heterocycles. The summed E-state index contributed by atoms with van der Waals surface area (Å²) in [6.07, 6.45) is 7.27. The van der Waals surface area contributed by atoms with E-state index in [-0.39, 0.29) is 0 Å². The molecule has 2 nitrogen and oxygen atoms in total. The third-order valence-electron chi connectivity index (χ3n) is 6.08. The van der Waals surface area contributed by atoms with Gasteiger partial charge >= 0.3 is 0 Å². The molecule has 4 aliphatic carbocycles. The molecule has 0 N–H and O–H groups in total. The van der Waals surface area contributed by atoms with Crippen LogP contribution in [0.4, 0.5) is 0 Å². The van der Waals surface area contributed by atoms with Gasteiger partial charge in [-0.25, -0.2) is 0 Å². The summed E-state index contributed by atoms with van der Waals surface area (Å²) in [5.74, 6) is 3.80. The van der Waals surface area contributed by atoms with Crippen LogP contribution in [0.5, 0.6) is 0 Å². The minimum atomic E-state index is 0.690. The lowest BCUT2D eigenvalue weighted by atomic mass is 9.54. The third kappa shape index (κ3) is 1.54. The predicted octanol–water partition coefficient (Wildman–Crippen LogP) is 3.97. The second-order valence-corrected chi connectivity index (χ2v) is 7.19. The van der Waals surface area contributed by atoms with Crippen LogP contribution >= 0.6 is 0 Å². The van der Waals surface area contributed by atoms with Crippen molar-refractivity contribution < 1.29 is 0 Å². The maximum absolute atomic E-state index is 9.24. The van der Waals surface area contributed by atoms with Gasteiger partial charge in [-0.3, -0.25) is 0 Å². The Morgan fingerprint density at radius 3 is 2.11 bits per heavy atom. The minimum absolute atomic E-state index is 0.690. The molecule has 0 unspecified atom stereocenters. The fourth-order valence-corrected chi connectivity index (χ4v) is 5.67. The molecule has 0 saturated heterocycles. The van der Waals surface area contributed by atoms with Crippen LogP contribution in [0.1, 0.15) is 55.1 Å². The minimum Gasteiger partial charge on any atom is -0.344 e. The second kappa shape index (κ2) is 3.88. The first-order valence-corrected chi connectivity index (χ1v) is 7.76. The summed E-state index contributed by atoms with van der Waals surface area (Å²) < 4.78 is 2.52. The predicted molar refractivity (Wildman–Crippen MR) is 74.7 cm³/mol. The smallest absolute Gasteiger partial charge is 0.101 e. The first-order chi connectivity index (χ1) is 9.17. The number of aryl methyl sites for hydroxylation is 1. The number of hydrogen-bond acceptors (Lipinski definition) is 1. The molecule has 1 aromatic rings. The Balaban J connectivity index is 1.77. The van der Waals surface area contributed by atoms with Gasteiger partial charge < -0.3 is 4.57 Å². The molecule has 0 aromatic carbocycles. The van der Waals surface area contributed by atoms with E-state index in [1.165, 1.54) is 43.5 Å². The van der Waals surface area contributed by atoms with Gasteiger partial charge in [0, 0.05) is 17.4 Å². The van der Waals surface area contributed by atoms with E-state index in [1.54, 1.807) is 0 Å². The molecule has 100 valence electrons. The summed E-state index contributed by atoms with van der Waals surface area (Å²) in [6.45, 7) is 4.32. The van der Waals surface area contributed by atoms with E-state index in [2.05, 4.69) is 30.6 Å². The van der Waals surface area contributed by atoms with Crippen molar-refractivity contribution in [3.63, 3.8) is 0 Å². The molecule has 1 heterocycles. The standard InChI is InChI=1S/C17H22N2/c1-10-3-16(9-18)11(2)19(10)17-14-5-12-4-13(7-14)8-15(17)6-12/h3,12-15,17H,4-8H2,1-2H3. The zero-order valence-electron chi connectivity index (χ0n) is 11.9. The quantitative estimate of drug-likeness (QED) is 0.745. The van der Waals surface area contributed by atoms with Crippen LogP contribution in [0.15, 0.2) is 6.07 Å². The summed E-state index contributed by atoms with van der Waals surface area (Å²) in [7, 11) is 0. The summed E-state index contributed by atoms with van der Waals surface area (Å²) in [5, 5.41) is 9.24. The Kier molecular flexibility index (Phi) is 2.37. The van der Waals surface area contributed by atoms with Gasteiger partial charge in [-0.2, -0.15) is 5.26 Å². The van der Waals surface area contributed by atoms with Crippen LogP contribution < -0.4 is 0 Å². The zero-order chi connectivity index (χ0) is 13.1. The summed E-state index contributed by atoms with van der Waals surface area (Å²) in [4.78, 5) is 0. The van der Waals surface area contributed by atoms with E-state index >= 15 is 0 Å². The van der Waals surface area contributed by atoms with Crippen LogP contribution in [0, 0.1) is 48.9 Å². The van der Waals surface area contributed by atoms with E-state index in [1.807, 2.05) is 0 Å². The highest BCUT2D eigenvalue weighted by Crippen LogP contribution is 2.58. The number of nitrogens with zero attached hydrogens (tertiary/aromatic N) is 2. The highest BCUT2D eigenvalue weighted by atomic mass is 15.1. The Morgan fingerprint density at radius 1 is 1.05 bits per heavy atom. The lowest BCUT2D eigenvalue weighted by Gasteiger charge is -2.55. The molecule has 0 amide bonds. The van der Waals surface area contributed by atoms with E-state index in [4.69, 9.17) is 0 Å². The van der Waals surface area contributed by atoms with Crippen molar-refractivity contribution in [1.29, 1.82) is 5.26 Å². The summed E-state index contributed by atoms with van der Waals surface area (Å²) >= 11 is 0. The molecule has 1 aromatic heterocycles. The maximum Gasteiger partial charge on any atom is 0.101 e. The van der Waals surface area contributed by atoms with Gasteiger partial charge in [0.2, 0.25) is 0 Å². The molecule has 0 atom stereocenters. The average molecular weight is 254 g/mol. The number of rotatable bonds is 1. The maximum atomic E-state index is 9.24. The topological polar surface area (TPSA) is 28.7 Å². The van der Waals surface area contributed by atoms with Gasteiger partial charge in [0.05, 0.1) is 5.56 Å². The zero-order valence-corrected chi connectivity index (χ0v) is 11.9. The van der Waals surface area contributed by atoms with Crippen LogP contribution in [0.3, 0.4) is 0 Å². The van der Waals surface area contributed by atoms with Crippen molar-refractivity contribution in [3.05, 3.63) is 23.0 Å².